The normalized spacial score (nSPS) is 11.0. The van der Waals surface area contributed by atoms with Crippen molar-refractivity contribution < 1.29 is 14.3 Å². The zero-order chi connectivity index (χ0) is 14.5. The van der Waals surface area contributed by atoms with Crippen molar-refractivity contribution in [3.05, 3.63) is 24.1 Å². The summed E-state index contributed by atoms with van der Waals surface area (Å²) in [5.41, 5.74) is 0.666. The van der Waals surface area contributed by atoms with Crippen LogP contribution in [0.1, 0.15) is 19.7 Å². The fourth-order valence-corrected chi connectivity index (χ4v) is 1.76. The second-order valence-electron chi connectivity index (χ2n) is 4.75. The molecule has 0 amide bonds. The van der Waals surface area contributed by atoms with E-state index in [0.29, 0.717) is 35.6 Å². The van der Waals surface area contributed by atoms with E-state index in [1.54, 1.807) is 18.2 Å². The maximum Gasteiger partial charge on any atom is 0.247 e. The molecule has 0 aliphatic carbocycles. The third-order valence-electron chi connectivity index (χ3n) is 2.78. The van der Waals surface area contributed by atoms with E-state index in [1.807, 2.05) is 0 Å². The zero-order valence-corrected chi connectivity index (χ0v) is 11.9. The molecule has 0 saturated heterocycles. The Morgan fingerprint density at radius 3 is 2.80 bits per heavy atom. The molecule has 1 aromatic heterocycles. The van der Waals surface area contributed by atoms with Crippen molar-refractivity contribution in [3.8, 4) is 23.0 Å². The molecular weight excluding hydrogens is 258 g/mol. The molecule has 0 atom stereocenters. The lowest BCUT2D eigenvalue weighted by Crippen LogP contribution is -2.25. The maximum absolute atomic E-state index is 9.74. The van der Waals surface area contributed by atoms with Crippen LogP contribution < -0.4 is 10.1 Å². The number of nitrogens with zero attached hydrogens (tertiary/aromatic N) is 2. The van der Waals surface area contributed by atoms with Crippen molar-refractivity contribution >= 4 is 0 Å². The first-order valence-corrected chi connectivity index (χ1v) is 6.53. The van der Waals surface area contributed by atoms with Gasteiger partial charge in [0.25, 0.3) is 0 Å². The molecule has 1 heterocycles. The molecule has 108 valence electrons. The molecule has 1 aromatic carbocycles. The van der Waals surface area contributed by atoms with E-state index in [0.717, 1.165) is 6.54 Å². The standard InChI is InChI=1S/C14H19N3O3/c1-9(2)15-7-6-13-16-17-14(20-13)10-4-5-12(19-3)11(18)8-10/h4-5,8-9,15,18H,6-7H2,1-3H3. The molecule has 6 heteroatoms. The van der Waals surface area contributed by atoms with Crippen LogP contribution in [0.2, 0.25) is 0 Å². The van der Waals surface area contributed by atoms with Crippen LogP contribution in [-0.4, -0.2) is 35.0 Å². The molecular formula is C14H19N3O3. The van der Waals surface area contributed by atoms with Crippen molar-refractivity contribution in [3.63, 3.8) is 0 Å². The van der Waals surface area contributed by atoms with E-state index >= 15 is 0 Å². The number of aromatic nitrogens is 2. The Bertz CT molecular complexity index is 567. The maximum atomic E-state index is 9.74. The topological polar surface area (TPSA) is 80.4 Å². The molecule has 0 saturated carbocycles. The number of hydrogen-bond acceptors (Lipinski definition) is 6. The molecule has 0 aliphatic rings. The quantitative estimate of drug-likeness (QED) is 0.840. The fourth-order valence-electron chi connectivity index (χ4n) is 1.76. The molecule has 2 N–H and O–H groups in total. The van der Waals surface area contributed by atoms with Gasteiger partial charge >= 0.3 is 0 Å². The van der Waals surface area contributed by atoms with E-state index in [2.05, 4.69) is 29.4 Å². The van der Waals surface area contributed by atoms with Crippen LogP contribution in [0, 0.1) is 0 Å². The third-order valence-corrected chi connectivity index (χ3v) is 2.78. The highest BCUT2D eigenvalue weighted by molar-refractivity contribution is 5.59. The summed E-state index contributed by atoms with van der Waals surface area (Å²) in [6.07, 6.45) is 0.674. The summed E-state index contributed by atoms with van der Waals surface area (Å²) >= 11 is 0. The highest BCUT2D eigenvalue weighted by Gasteiger charge is 2.11. The van der Waals surface area contributed by atoms with Crippen LogP contribution in [0.5, 0.6) is 11.5 Å². The first-order valence-electron chi connectivity index (χ1n) is 6.53. The largest absolute Gasteiger partial charge is 0.504 e. The van der Waals surface area contributed by atoms with E-state index in [-0.39, 0.29) is 5.75 Å². The van der Waals surface area contributed by atoms with Crippen LogP contribution in [0.25, 0.3) is 11.5 Å². The average Bonchev–Trinajstić information content (AvgIpc) is 2.87. The summed E-state index contributed by atoms with van der Waals surface area (Å²) < 4.78 is 10.6. The summed E-state index contributed by atoms with van der Waals surface area (Å²) in [6.45, 7) is 4.95. The number of benzene rings is 1. The van der Waals surface area contributed by atoms with Crippen molar-refractivity contribution in [1.29, 1.82) is 0 Å². The first kappa shape index (κ1) is 14.3. The summed E-state index contributed by atoms with van der Waals surface area (Å²) in [6, 6.07) is 5.40. The number of methoxy groups -OCH3 is 1. The second-order valence-corrected chi connectivity index (χ2v) is 4.75. The lowest BCUT2D eigenvalue weighted by Gasteiger charge is -2.05. The molecule has 0 spiro atoms. The molecule has 0 bridgehead atoms. The van der Waals surface area contributed by atoms with Crippen molar-refractivity contribution in [2.75, 3.05) is 13.7 Å². The van der Waals surface area contributed by atoms with E-state index in [1.165, 1.54) is 7.11 Å². The highest BCUT2D eigenvalue weighted by Crippen LogP contribution is 2.30. The predicted octanol–water partition coefficient (Wildman–Crippen LogP) is 1.99. The lowest BCUT2D eigenvalue weighted by atomic mass is 10.2. The minimum absolute atomic E-state index is 0.0474. The molecule has 2 rings (SSSR count). The Labute approximate surface area is 117 Å². The Morgan fingerprint density at radius 2 is 2.15 bits per heavy atom. The van der Waals surface area contributed by atoms with Crippen LogP contribution in [0.3, 0.4) is 0 Å². The van der Waals surface area contributed by atoms with Crippen molar-refractivity contribution in [2.24, 2.45) is 0 Å². The monoisotopic (exact) mass is 277 g/mol. The number of ether oxygens (including phenoxy) is 1. The Balaban J connectivity index is 2.06. The van der Waals surface area contributed by atoms with Crippen LogP contribution in [0.4, 0.5) is 0 Å². The molecule has 20 heavy (non-hydrogen) atoms. The van der Waals surface area contributed by atoms with Crippen LogP contribution >= 0.6 is 0 Å². The molecule has 0 unspecified atom stereocenters. The minimum atomic E-state index is 0.0474. The van der Waals surface area contributed by atoms with E-state index in [4.69, 9.17) is 9.15 Å². The van der Waals surface area contributed by atoms with Gasteiger partial charge in [0.15, 0.2) is 11.5 Å². The van der Waals surface area contributed by atoms with Gasteiger partial charge in [0.2, 0.25) is 11.8 Å². The van der Waals surface area contributed by atoms with Gasteiger partial charge in [-0.25, -0.2) is 0 Å². The van der Waals surface area contributed by atoms with Gasteiger partial charge in [-0.05, 0) is 18.2 Å². The van der Waals surface area contributed by atoms with Gasteiger partial charge < -0.3 is 19.6 Å². The first-order chi connectivity index (χ1) is 9.60. The van der Waals surface area contributed by atoms with Gasteiger partial charge in [-0.2, -0.15) is 0 Å². The molecule has 0 aliphatic heterocycles. The lowest BCUT2D eigenvalue weighted by molar-refractivity contribution is 0.373. The highest BCUT2D eigenvalue weighted by atomic mass is 16.5. The van der Waals surface area contributed by atoms with Gasteiger partial charge in [0.1, 0.15) is 0 Å². The van der Waals surface area contributed by atoms with Crippen molar-refractivity contribution in [2.45, 2.75) is 26.3 Å². The van der Waals surface area contributed by atoms with Gasteiger partial charge in [-0.15, -0.1) is 10.2 Å². The second kappa shape index (κ2) is 6.38. The molecule has 2 aromatic rings. The third kappa shape index (κ3) is 3.48. The predicted molar refractivity (Wildman–Crippen MR) is 74.8 cm³/mol. The smallest absolute Gasteiger partial charge is 0.247 e. The summed E-state index contributed by atoms with van der Waals surface area (Å²) in [5, 5.41) is 21.0. The number of phenolic OH excluding ortho intramolecular Hbond substituents is 1. The van der Waals surface area contributed by atoms with Gasteiger partial charge in [0.05, 0.1) is 7.11 Å². The number of phenols is 1. The van der Waals surface area contributed by atoms with E-state index < -0.39 is 0 Å². The Morgan fingerprint density at radius 1 is 1.35 bits per heavy atom. The number of nitrogens with one attached hydrogen (secondary N) is 1. The number of aromatic hydroxyl groups is 1. The zero-order valence-electron chi connectivity index (χ0n) is 11.9. The van der Waals surface area contributed by atoms with Gasteiger partial charge in [-0.3, -0.25) is 0 Å². The Kier molecular flexibility index (Phi) is 4.57. The minimum Gasteiger partial charge on any atom is -0.504 e. The Hall–Kier alpha value is -2.08. The van der Waals surface area contributed by atoms with Gasteiger partial charge in [0, 0.05) is 24.6 Å². The average molecular weight is 277 g/mol. The molecule has 6 nitrogen and oxygen atoms in total. The molecule has 0 radical (unpaired) electrons. The number of rotatable bonds is 6. The molecule has 0 fully saturated rings. The van der Waals surface area contributed by atoms with Crippen LogP contribution in [-0.2, 0) is 6.42 Å². The van der Waals surface area contributed by atoms with Crippen molar-refractivity contribution in [1.82, 2.24) is 15.5 Å². The van der Waals surface area contributed by atoms with Gasteiger partial charge in [-0.1, -0.05) is 13.8 Å². The summed E-state index contributed by atoms with van der Waals surface area (Å²) in [5.74, 6) is 1.42. The summed E-state index contributed by atoms with van der Waals surface area (Å²) in [4.78, 5) is 0. The number of hydrogen-bond donors (Lipinski definition) is 2. The SMILES string of the molecule is COc1ccc(-c2nnc(CCNC(C)C)o2)cc1O. The fraction of sp³-hybridized carbons (Fsp3) is 0.429. The summed E-state index contributed by atoms with van der Waals surface area (Å²) in [7, 11) is 1.50. The van der Waals surface area contributed by atoms with Crippen LogP contribution in [0.15, 0.2) is 22.6 Å². The van der Waals surface area contributed by atoms with E-state index in [9.17, 15) is 5.11 Å².